The molecular weight excluding hydrogens is 162 g/mol. The third kappa shape index (κ3) is 2.81. The first kappa shape index (κ1) is 9.04. The van der Waals surface area contributed by atoms with Gasteiger partial charge in [0, 0.05) is 25.2 Å². The van der Waals surface area contributed by atoms with E-state index in [-0.39, 0.29) is 0 Å². The summed E-state index contributed by atoms with van der Waals surface area (Å²) in [5.74, 6) is 0.485. The van der Waals surface area contributed by atoms with Crippen molar-refractivity contribution in [1.29, 1.82) is 0 Å². The number of aliphatic hydroxyl groups excluding tert-OH is 1. The zero-order chi connectivity index (χ0) is 8.10. The summed E-state index contributed by atoms with van der Waals surface area (Å²) in [6.07, 6.45) is 3.05. The molecule has 1 heterocycles. The Morgan fingerprint density at radius 2 is 2.45 bits per heavy atom. The van der Waals surface area contributed by atoms with Crippen LogP contribution in [0.1, 0.15) is 6.42 Å². The Kier molecular flexibility index (Phi) is 3.91. The van der Waals surface area contributed by atoms with Gasteiger partial charge in [0.05, 0.1) is 0 Å². The van der Waals surface area contributed by atoms with Crippen molar-refractivity contribution in [2.75, 3.05) is 26.2 Å². The monoisotopic (exact) mass is 175 g/mol. The number of aliphatic hydroxyl groups is 1. The molecule has 64 valence electrons. The summed E-state index contributed by atoms with van der Waals surface area (Å²) in [7, 11) is 0. The van der Waals surface area contributed by atoms with Crippen LogP contribution in [-0.4, -0.2) is 36.2 Å². The van der Waals surface area contributed by atoms with Gasteiger partial charge >= 0.3 is 0 Å². The van der Waals surface area contributed by atoms with E-state index in [1.54, 1.807) is 5.54 Å². The first-order chi connectivity index (χ1) is 5.36. The molecule has 3 heteroatoms. The fourth-order valence-electron chi connectivity index (χ4n) is 1.42. The summed E-state index contributed by atoms with van der Waals surface area (Å²) >= 11 is 5.39. The highest BCUT2D eigenvalue weighted by atomic mass is 35.5. The molecule has 0 aromatic carbocycles. The van der Waals surface area contributed by atoms with Gasteiger partial charge in [0.1, 0.15) is 0 Å². The van der Waals surface area contributed by atoms with Crippen LogP contribution in [0.4, 0.5) is 0 Å². The van der Waals surface area contributed by atoms with Crippen molar-refractivity contribution in [3.8, 4) is 0 Å². The normalized spacial score (nSPS) is 26.9. The van der Waals surface area contributed by atoms with E-state index < -0.39 is 0 Å². The summed E-state index contributed by atoms with van der Waals surface area (Å²) < 4.78 is 0. The predicted molar refractivity (Wildman–Crippen MR) is 46.6 cm³/mol. The average molecular weight is 176 g/mol. The molecule has 0 bridgehead atoms. The molecule has 0 unspecified atom stereocenters. The van der Waals surface area contributed by atoms with Crippen molar-refractivity contribution >= 4 is 11.6 Å². The van der Waals surface area contributed by atoms with Crippen LogP contribution < -0.4 is 0 Å². The van der Waals surface area contributed by atoms with Gasteiger partial charge in [0.25, 0.3) is 0 Å². The molecule has 1 rings (SSSR count). The Bertz CT molecular complexity index is 138. The van der Waals surface area contributed by atoms with Gasteiger partial charge in [0.2, 0.25) is 0 Å². The molecule has 2 nitrogen and oxygen atoms in total. The van der Waals surface area contributed by atoms with Crippen LogP contribution in [0.25, 0.3) is 0 Å². The lowest BCUT2D eigenvalue weighted by Crippen LogP contribution is -2.21. The average Bonchev–Trinajstić information content (AvgIpc) is 2.48. The molecule has 0 radical (unpaired) electrons. The second-order valence-electron chi connectivity index (χ2n) is 2.96. The summed E-state index contributed by atoms with van der Waals surface area (Å²) in [5.41, 5.74) is 1.55. The summed E-state index contributed by atoms with van der Waals surface area (Å²) in [5, 5.41) is 8.84. The van der Waals surface area contributed by atoms with Crippen LogP contribution >= 0.6 is 11.6 Å². The summed E-state index contributed by atoms with van der Waals surface area (Å²) in [6, 6.07) is 0. The number of halogens is 1. The van der Waals surface area contributed by atoms with E-state index in [4.69, 9.17) is 16.7 Å². The second-order valence-corrected chi connectivity index (χ2v) is 3.21. The van der Waals surface area contributed by atoms with Crippen molar-refractivity contribution in [1.82, 2.24) is 4.90 Å². The van der Waals surface area contributed by atoms with E-state index in [1.807, 2.05) is 6.08 Å². The molecule has 1 saturated heterocycles. The van der Waals surface area contributed by atoms with Gasteiger partial charge in [-0.05, 0) is 18.9 Å². The van der Waals surface area contributed by atoms with Crippen LogP contribution in [0, 0.1) is 5.92 Å². The maximum absolute atomic E-state index is 8.84. The summed E-state index contributed by atoms with van der Waals surface area (Å²) in [6.45, 7) is 3.34. The second kappa shape index (κ2) is 4.75. The third-order valence-corrected chi connectivity index (χ3v) is 2.26. The van der Waals surface area contributed by atoms with Crippen LogP contribution in [0.2, 0.25) is 0 Å². The predicted octanol–water partition coefficient (Wildman–Crippen LogP) is 1.05. The van der Waals surface area contributed by atoms with Gasteiger partial charge in [-0.3, -0.25) is 4.90 Å². The standard InChI is InChI=1S/C8H14ClNO/c9-3-1-4-10-5-2-8(6-10)7-11/h1,3,8,11H,2,4-7H2/b3-1+/t8-/m1/s1. The number of rotatable bonds is 3. The summed E-state index contributed by atoms with van der Waals surface area (Å²) in [4.78, 5) is 2.29. The Hall–Kier alpha value is -0.0500. The van der Waals surface area contributed by atoms with E-state index in [1.165, 1.54) is 0 Å². The van der Waals surface area contributed by atoms with E-state index in [2.05, 4.69) is 4.90 Å². The SMILES string of the molecule is OC[C@@H]1CCN(C/C=C/Cl)C1. The lowest BCUT2D eigenvalue weighted by atomic mass is 10.1. The fourth-order valence-corrected chi connectivity index (χ4v) is 1.50. The fraction of sp³-hybridized carbons (Fsp3) is 0.750. The molecule has 0 aromatic rings. The van der Waals surface area contributed by atoms with Gasteiger partial charge in [0.15, 0.2) is 0 Å². The molecule has 0 amide bonds. The topological polar surface area (TPSA) is 23.5 Å². The maximum atomic E-state index is 8.84. The van der Waals surface area contributed by atoms with E-state index in [9.17, 15) is 0 Å². The number of likely N-dealkylation sites (tertiary alicyclic amines) is 1. The van der Waals surface area contributed by atoms with Crippen molar-refractivity contribution in [3.63, 3.8) is 0 Å². The Morgan fingerprint density at radius 1 is 1.64 bits per heavy atom. The van der Waals surface area contributed by atoms with E-state index in [0.29, 0.717) is 12.5 Å². The zero-order valence-corrected chi connectivity index (χ0v) is 7.30. The minimum atomic E-state index is 0.321. The third-order valence-electron chi connectivity index (χ3n) is 2.08. The molecule has 0 saturated carbocycles. The quantitative estimate of drug-likeness (QED) is 0.694. The maximum Gasteiger partial charge on any atom is 0.0471 e. The minimum absolute atomic E-state index is 0.321. The van der Waals surface area contributed by atoms with Crippen molar-refractivity contribution in [2.45, 2.75) is 6.42 Å². The zero-order valence-electron chi connectivity index (χ0n) is 6.54. The highest BCUT2D eigenvalue weighted by molar-refractivity contribution is 6.25. The molecule has 0 aliphatic carbocycles. The molecule has 1 atom stereocenters. The Morgan fingerprint density at radius 3 is 3.00 bits per heavy atom. The van der Waals surface area contributed by atoms with Crippen LogP contribution in [0.3, 0.4) is 0 Å². The lowest BCUT2D eigenvalue weighted by Gasteiger charge is -2.11. The molecule has 1 fully saturated rings. The molecule has 1 aliphatic heterocycles. The van der Waals surface area contributed by atoms with Crippen molar-refractivity contribution < 1.29 is 5.11 Å². The van der Waals surface area contributed by atoms with Crippen LogP contribution in [-0.2, 0) is 0 Å². The molecule has 1 aliphatic rings. The smallest absolute Gasteiger partial charge is 0.0471 e. The van der Waals surface area contributed by atoms with Gasteiger partial charge in [-0.2, -0.15) is 0 Å². The molecule has 0 spiro atoms. The highest BCUT2D eigenvalue weighted by Crippen LogP contribution is 2.14. The number of hydrogen-bond donors (Lipinski definition) is 1. The molecule has 1 N–H and O–H groups in total. The minimum Gasteiger partial charge on any atom is -0.396 e. The Balaban J connectivity index is 2.19. The van der Waals surface area contributed by atoms with Gasteiger partial charge in [-0.1, -0.05) is 17.7 Å². The van der Waals surface area contributed by atoms with Crippen molar-refractivity contribution in [3.05, 3.63) is 11.6 Å². The van der Waals surface area contributed by atoms with Gasteiger partial charge < -0.3 is 5.11 Å². The number of hydrogen-bond acceptors (Lipinski definition) is 2. The molecule has 11 heavy (non-hydrogen) atoms. The lowest BCUT2D eigenvalue weighted by molar-refractivity contribution is 0.225. The van der Waals surface area contributed by atoms with Crippen molar-refractivity contribution in [2.24, 2.45) is 5.92 Å². The van der Waals surface area contributed by atoms with Crippen LogP contribution in [0.15, 0.2) is 11.6 Å². The van der Waals surface area contributed by atoms with Gasteiger partial charge in [-0.15, -0.1) is 0 Å². The number of nitrogens with zero attached hydrogens (tertiary/aromatic N) is 1. The molecular formula is C8H14ClNO. The van der Waals surface area contributed by atoms with E-state index >= 15 is 0 Å². The van der Waals surface area contributed by atoms with Gasteiger partial charge in [-0.25, -0.2) is 0 Å². The highest BCUT2D eigenvalue weighted by Gasteiger charge is 2.19. The van der Waals surface area contributed by atoms with Crippen LogP contribution in [0.5, 0.6) is 0 Å². The Labute approximate surface area is 72.5 Å². The molecule has 0 aromatic heterocycles. The van der Waals surface area contributed by atoms with E-state index in [0.717, 1.165) is 26.1 Å². The largest absolute Gasteiger partial charge is 0.396 e. The first-order valence-corrected chi connectivity index (χ1v) is 4.39. The first-order valence-electron chi connectivity index (χ1n) is 3.95.